The molecule has 2 fully saturated rings. The van der Waals surface area contributed by atoms with Crippen molar-refractivity contribution in [2.45, 2.75) is 63.6 Å². The molecule has 25 heavy (non-hydrogen) atoms. The van der Waals surface area contributed by atoms with Gasteiger partial charge in [-0.05, 0) is 50.0 Å². The Hall–Kier alpha value is -1.65. The quantitative estimate of drug-likeness (QED) is 0.677. The minimum atomic E-state index is -0.765. The smallest absolute Gasteiger partial charge is 0.317 e. The maximum atomic E-state index is 10.6. The zero-order valence-electron chi connectivity index (χ0n) is 15.1. The number of carbonyl (C=O) groups is 1. The maximum Gasteiger partial charge on any atom is 0.317 e. The Labute approximate surface area is 150 Å². The number of aliphatic carboxylic acids is 1. The van der Waals surface area contributed by atoms with Crippen LogP contribution in [0.4, 0.5) is 0 Å². The summed E-state index contributed by atoms with van der Waals surface area (Å²) in [6.45, 7) is 2.33. The van der Waals surface area contributed by atoms with Gasteiger partial charge in [0.15, 0.2) is 0 Å². The molecule has 4 heteroatoms. The summed E-state index contributed by atoms with van der Waals surface area (Å²) in [5.41, 5.74) is 2.86. The van der Waals surface area contributed by atoms with Crippen molar-refractivity contribution in [1.82, 2.24) is 10.6 Å². The fourth-order valence-corrected chi connectivity index (χ4v) is 4.02. The Morgan fingerprint density at radius 1 is 1.16 bits per heavy atom. The van der Waals surface area contributed by atoms with E-state index < -0.39 is 5.97 Å². The molecule has 3 N–H and O–H groups in total. The van der Waals surface area contributed by atoms with Gasteiger partial charge < -0.3 is 15.7 Å². The molecular formula is C21H30N2O2. The lowest BCUT2D eigenvalue weighted by molar-refractivity contribution is -0.136. The van der Waals surface area contributed by atoms with Crippen LogP contribution in [0.3, 0.4) is 0 Å². The van der Waals surface area contributed by atoms with Gasteiger partial charge in [-0.1, -0.05) is 48.9 Å². The van der Waals surface area contributed by atoms with Gasteiger partial charge in [0, 0.05) is 18.1 Å². The molecule has 136 valence electrons. The summed E-state index contributed by atoms with van der Waals surface area (Å²) in [5.74, 6) is -0.0774. The van der Waals surface area contributed by atoms with Crippen LogP contribution in [0.15, 0.2) is 35.9 Å². The van der Waals surface area contributed by atoms with Crippen LogP contribution in [0, 0.1) is 5.92 Å². The van der Waals surface area contributed by atoms with Crippen LogP contribution < -0.4 is 10.6 Å². The highest BCUT2D eigenvalue weighted by molar-refractivity contribution is 5.69. The summed E-state index contributed by atoms with van der Waals surface area (Å²) in [5, 5.41) is 15.7. The number of benzene rings is 1. The Morgan fingerprint density at radius 2 is 1.84 bits per heavy atom. The van der Waals surface area contributed by atoms with Crippen molar-refractivity contribution in [3.05, 3.63) is 41.5 Å². The van der Waals surface area contributed by atoms with Gasteiger partial charge in [0.05, 0.1) is 6.54 Å². The van der Waals surface area contributed by atoms with Crippen LogP contribution in [0.25, 0.3) is 6.08 Å². The molecule has 0 bridgehead atoms. The van der Waals surface area contributed by atoms with Crippen molar-refractivity contribution in [2.24, 2.45) is 5.92 Å². The SMILES string of the molecule is CC/C(=C\c1ccccc1)[C@@H]1C[C@H]1NC1CCC(NCC(=O)O)CC1. The van der Waals surface area contributed by atoms with Gasteiger partial charge in [0.25, 0.3) is 0 Å². The van der Waals surface area contributed by atoms with Crippen molar-refractivity contribution < 1.29 is 9.90 Å². The highest BCUT2D eigenvalue weighted by atomic mass is 16.4. The lowest BCUT2D eigenvalue weighted by Gasteiger charge is -2.29. The Kier molecular flexibility index (Phi) is 6.27. The summed E-state index contributed by atoms with van der Waals surface area (Å²) in [6, 6.07) is 12.2. The van der Waals surface area contributed by atoms with Crippen LogP contribution in [0.2, 0.25) is 0 Å². The molecule has 3 rings (SSSR count). The Balaban J connectivity index is 1.44. The van der Waals surface area contributed by atoms with Gasteiger partial charge in [0.1, 0.15) is 0 Å². The third kappa shape index (κ3) is 5.41. The summed E-state index contributed by atoms with van der Waals surface area (Å²) in [6.07, 6.45) is 9.16. The van der Waals surface area contributed by atoms with Crippen molar-refractivity contribution in [2.75, 3.05) is 6.54 Å². The molecule has 1 aromatic carbocycles. The molecule has 0 unspecified atom stereocenters. The minimum Gasteiger partial charge on any atom is -0.480 e. The van der Waals surface area contributed by atoms with E-state index in [9.17, 15) is 4.79 Å². The summed E-state index contributed by atoms with van der Waals surface area (Å²) in [4.78, 5) is 10.6. The van der Waals surface area contributed by atoms with Crippen molar-refractivity contribution in [3.63, 3.8) is 0 Å². The van der Waals surface area contributed by atoms with E-state index in [1.165, 1.54) is 12.0 Å². The molecule has 0 amide bonds. The fraction of sp³-hybridized carbons (Fsp3) is 0.571. The first-order valence-electron chi connectivity index (χ1n) is 9.62. The molecule has 4 nitrogen and oxygen atoms in total. The molecule has 0 radical (unpaired) electrons. The van der Waals surface area contributed by atoms with E-state index in [1.54, 1.807) is 5.57 Å². The first-order chi connectivity index (χ1) is 12.2. The van der Waals surface area contributed by atoms with Gasteiger partial charge in [-0.2, -0.15) is 0 Å². The summed E-state index contributed by atoms with van der Waals surface area (Å²) in [7, 11) is 0. The van der Waals surface area contributed by atoms with Crippen molar-refractivity contribution in [3.8, 4) is 0 Å². The molecule has 0 heterocycles. The second-order valence-corrected chi connectivity index (χ2v) is 7.42. The molecule has 0 spiro atoms. The van der Waals surface area contributed by atoms with Gasteiger partial charge >= 0.3 is 5.97 Å². The van der Waals surface area contributed by atoms with Gasteiger partial charge in [0.2, 0.25) is 0 Å². The van der Waals surface area contributed by atoms with Crippen molar-refractivity contribution in [1.29, 1.82) is 0 Å². The second kappa shape index (κ2) is 8.63. The van der Waals surface area contributed by atoms with Crippen LogP contribution in [-0.2, 0) is 4.79 Å². The number of rotatable bonds is 8. The Morgan fingerprint density at radius 3 is 2.48 bits per heavy atom. The van der Waals surface area contributed by atoms with E-state index in [0.29, 0.717) is 24.0 Å². The van der Waals surface area contributed by atoms with Crippen molar-refractivity contribution >= 4 is 12.0 Å². The number of carboxylic acids is 1. The van der Waals surface area contributed by atoms with E-state index in [1.807, 2.05) is 0 Å². The van der Waals surface area contributed by atoms with Crippen LogP contribution in [0.1, 0.15) is 51.0 Å². The molecule has 2 saturated carbocycles. The first-order valence-corrected chi connectivity index (χ1v) is 9.62. The van der Waals surface area contributed by atoms with E-state index in [2.05, 4.69) is 54.0 Å². The molecule has 0 aromatic heterocycles. The molecule has 1 aromatic rings. The molecule has 2 aliphatic rings. The molecule has 0 aliphatic heterocycles. The normalized spacial score (nSPS) is 29.4. The topological polar surface area (TPSA) is 61.4 Å². The molecule has 2 atom stereocenters. The number of nitrogens with one attached hydrogen (secondary N) is 2. The predicted molar refractivity (Wildman–Crippen MR) is 101 cm³/mol. The Bertz CT molecular complexity index is 591. The number of hydrogen-bond acceptors (Lipinski definition) is 3. The largest absolute Gasteiger partial charge is 0.480 e. The van der Waals surface area contributed by atoms with Crippen LogP contribution in [0.5, 0.6) is 0 Å². The number of carboxylic acid groups (broad SMARTS) is 1. The average Bonchev–Trinajstić information content (AvgIpc) is 3.39. The standard InChI is InChI=1S/C21H30N2O2/c1-2-16(12-15-6-4-3-5-7-15)19-13-20(19)23-18-10-8-17(9-11-18)22-14-21(24)25/h3-7,12,17-20,22-23H,2,8-11,13-14H2,1H3,(H,24,25)/b16-12+/t17?,18?,19-,20+/m0/s1. The molecule has 2 aliphatic carbocycles. The summed E-state index contributed by atoms with van der Waals surface area (Å²) < 4.78 is 0. The van der Waals surface area contributed by atoms with Crippen LogP contribution in [-0.4, -0.2) is 35.7 Å². The first kappa shape index (κ1) is 18.2. The highest BCUT2D eigenvalue weighted by Crippen LogP contribution is 2.40. The third-order valence-corrected chi connectivity index (χ3v) is 5.55. The van der Waals surface area contributed by atoms with E-state index in [4.69, 9.17) is 5.11 Å². The zero-order valence-corrected chi connectivity index (χ0v) is 15.1. The lowest BCUT2D eigenvalue weighted by Crippen LogP contribution is -2.42. The lowest BCUT2D eigenvalue weighted by atomic mass is 9.91. The van der Waals surface area contributed by atoms with E-state index in [-0.39, 0.29) is 6.54 Å². The minimum absolute atomic E-state index is 0.0810. The maximum absolute atomic E-state index is 10.6. The van der Waals surface area contributed by atoms with E-state index in [0.717, 1.165) is 32.1 Å². The van der Waals surface area contributed by atoms with Gasteiger partial charge in [-0.15, -0.1) is 0 Å². The van der Waals surface area contributed by atoms with Crippen LogP contribution >= 0.6 is 0 Å². The summed E-state index contributed by atoms with van der Waals surface area (Å²) >= 11 is 0. The highest BCUT2D eigenvalue weighted by Gasteiger charge is 2.40. The monoisotopic (exact) mass is 342 g/mol. The second-order valence-electron chi connectivity index (χ2n) is 7.42. The van der Waals surface area contributed by atoms with Gasteiger partial charge in [-0.25, -0.2) is 0 Å². The van der Waals surface area contributed by atoms with Gasteiger partial charge in [-0.3, -0.25) is 4.79 Å². The zero-order chi connectivity index (χ0) is 17.6. The predicted octanol–water partition coefficient (Wildman–Crippen LogP) is 3.44. The fourth-order valence-electron chi connectivity index (χ4n) is 4.02. The molecule has 0 saturated heterocycles. The van der Waals surface area contributed by atoms with E-state index >= 15 is 0 Å². The molecular weight excluding hydrogens is 312 g/mol. The third-order valence-electron chi connectivity index (χ3n) is 5.55. The average molecular weight is 342 g/mol. The number of hydrogen-bond donors (Lipinski definition) is 3.